The lowest BCUT2D eigenvalue weighted by molar-refractivity contribution is -0.384. The molecule has 142 valence electrons. The van der Waals surface area contributed by atoms with Gasteiger partial charge in [0, 0.05) is 24.4 Å². The van der Waals surface area contributed by atoms with E-state index in [9.17, 15) is 14.9 Å². The smallest absolute Gasteiger partial charge is 0.414 e. The Morgan fingerprint density at radius 2 is 2.07 bits per heavy atom. The van der Waals surface area contributed by atoms with Crippen molar-refractivity contribution in [3.8, 4) is 5.75 Å². The zero-order chi connectivity index (χ0) is 19.2. The molecule has 2 aromatic rings. The van der Waals surface area contributed by atoms with E-state index in [1.165, 1.54) is 12.1 Å². The number of benzene rings is 2. The van der Waals surface area contributed by atoms with E-state index in [2.05, 4.69) is 5.32 Å². The minimum absolute atomic E-state index is 0.0334. The largest absolute Gasteiger partial charge is 0.489 e. The third-order valence-corrected chi connectivity index (χ3v) is 4.17. The first kappa shape index (κ1) is 18.7. The molecule has 1 N–H and O–H groups in total. The summed E-state index contributed by atoms with van der Waals surface area (Å²) in [5, 5.41) is 14.0. The SMILES string of the molecule is CCNCC1CN(c2ccc(OCc3cccc([N+](=O)[O-])c3)cc2)C(=O)O1. The van der Waals surface area contributed by atoms with Crippen LogP contribution >= 0.6 is 0 Å². The summed E-state index contributed by atoms with van der Waals surface area (Å²) in [6.45, 7) is 4.17. The van der Waals surface area contributed by atoms with Crippen molar-refractivity contribution >= 4 is 17.5 Å². The summed E-state index contributed by atoms with van der Waals surface area (Å²) in [6.07, 6.45) is -0.523. The summed E-state index contributed by atoms with van der Waals surface area (Å²) >= 11 is 0. The monoisotopic (exact) mass is 371 g/mol. The van der Waals surface area contributed by atoms with Crippen molar-refractivity contribution in [2.24, 2.45) is 0 Å². The molecule has 0 aromatic heterocycles. The predicted octanol–water partition coefficient (Wildman–Crippen LogP) is 3.11. The fourth-order valence-corrected chi connectivity index (χ4v) is 2.79. The number of anilines is 1. The molecule has 1 amide bonds. The summed E-state index contributed by atoms with van der Waals surface area (Å²) in [7, 11) is 0. The number of cyclic esters (lactones) is 1. The third-order valence-electron chi connectivity index (χ3n) is 4.17. The second-order valence-electron chi connectivity index (χ2n) is 6.13. The van der Waals surface area contributed by atoms with Gasteiger partial charge in [-0.15, -0.1) is 0 Å². The van der Waals surface area contributed by atoms with Gasteiger partial charge in [0.15, 0.2) is 0 Å². The summed E-state index contributed by atoms with van der Waals surface area (Å²) in [5.41, 5.74) is 1.48. The molecule has 1 atom stereocenters. The number of non-ortho nitro benzene ring substituents is 1. The number of likely N-dealkylation sites (N-methyl/N-ethyl adjacent to an activating group) is 1. The van der Waals surface area contributed by atoms with Crippen LogP contribution in [0, 0.1) is 10.1 Å². The second kappa shape index (κ2) is 8.50. The van der Waals surface area contributed by atoms with Gasteiger partial charge in [0.2, 0.25) is 0 Å². The zero-order valence-electron chi connectivity index (χ0n) is 15.0. The quantitative estimate of drug-likeness (QED) is 0.566. The van der Waals surface area contributed by atoms with Gasteiger partial charge in [0.1, 0.15) is 18.5 Å². The van der Waals surface area contributed by atoms with Gasteiger partial charge in [-0.1, -0.05) is 19.1 Å². The van der Waals surface area contributed by atoms with E-state index in [-0.39, 0.29) is 24.5 Å². The Balaban J connectivity index is 1.58. The molecule has 2 aromatic carbocycles. The first-order chi connectivity index (χ1) is 13.1. The Kier molecular flexibility index (Phi) is 5.87. The maximum absolute atomic E-state index is 12.0. The number of nitrogens with one attached hydrogen (secondary N) is 1. The van der Waals surface area contributed by atoms with Crippen LogP contribution in [0.25, 0.3) is 0 Å². The van der Waals surface area contributed by atoms with Gasteiger partial charge in [-0.05, 0) is 36.4 Å². The van der Waals surface area contributed by atoms with E-state index in [0.29, 0.717) is 24.4 Å². The molecule has 0 spiro atoms. The molecular formula is C19H21N3O5. The van der Waals surface area contributed by atoms with Crippen LogP contribution in [-0.4, -0.2) is 36.8 Å². The summed E-state index contributed by atoms with van der Waals surface area (Å²) in [6, 6.07) is 13.4. The summed E-state index contributed by atoms with van der Waals surface area (Å²) < 4.78 is 11.0. The number of hydrogen-bond donors (Lipinski definition) is 1. The Labute approximate surface area is 156 Å². The van der Waals surface area contributed by atoms with Crippen molar-refractivity contribution in [3.63, 3.8) is 0 Å². The van der Waals surface area contributed by atoms with Gasteiger partial charge < -0.3 is 14.8 Å². The molecular weight excluding hydrogens is 350 g/mol. The van der Waals surface area contributed by atoms with Crippen molar-refractivity contribution in [2.45, 2.75) is 19.6 Å². The average molecular weight is 371 g/mol. The minimum Gasteiger partial charge on any atom is -0.489 e. The molecule has 1 fully saturated rings. The topological polar surface area (TPSA) is 93.9 Å². The highest BCUT2D eigenvalue weighted by molar-refractivity contribution is 5.89. The minimum atomic E-state index is -0.434. The van der Waals surface area contributed by atoms with Crippen molar-refractivity contribution in [2.75, 3.05) is 24.5 Å². The van der Waals surface area contributed by atoms with Crippen LogP contribution in [0.4, 0.5) is 16.2 Å². The van der Waals surface area contributed by atoms with Crippen LogP contribution in [0.5, 0.6) is 5.75 Å². The number of carbonyl (C=O) groups is 1. The Morgan fingerprint density at radius 3 is 2.78 bits per heavy atom. The van der Waals surface area contributed by atoms with E-state index in [1.807, 2.05) is 6.92 Å². The van der Waals surface area contributed by atoms with Crippen LogP contribution in [0.2, 0.25) is 0 Å². The van der Waals surface area contributed by atoms with Crippen molar-refractivity contribution < 1.29 is 19.2 Å². The van der Waals surface area contributed by atoms with Crippen LogP contribution in [0.15, 0.2) is 48.5 Å². The number of nitrogens with zero attached hydrogens (tertiary/aromatic N) is 2. The Bertz CT molecular complexity index is 809. The maximum atomic E-state index is 12.0. The highest BCUT2D eigenvalue weighted by Gasteiger charge is 2.31. The summed E-state index contributed by atoms with van der Waals surface area (Å²) in [5.74, 6) is 0.613. The number of ether oxygens (including phenoxy) is 2. The highest BCUT2D eigenvalue weighted by atomic mass is 16.6. The fourth-order valence-electron chi connectivity index (χ4n) is 2.79. The van der Waals surface area contributed by atoms with Crippen molar-refractivity contribution in [1.82, 2.24) is 5.32 Å². The number of nitro groups is 1. The molecule has 1 saturated heterocycles. The molecule has 0 saturated carbocycles. The molecule has 8 nitrogen and oxygen atoms in total. The molecule has 27 heavy (non-hydrogen) atoms. The standard InChI is InChI=1S/C19H21N3O5/c1-2-20-11-18-12-21(19(23)27-18)15-6-8-17(9-7-15)26-13-14-4-3-5-16(10-14)22(24)25/h3-10,18,20H,2,11-13H2,1H3. The fraction of sp³-hybridized carbons (Fsp3) is 0.316. The number of hydrogen-bond acceptors (Lipinski definition) is 6. The second-order valence-corrected chi connectivity index (χ2v) is 6.13. The first-order valence-corrected chi connectivity index (χ1v) is 8.72. The number of amides is 1. The van der Waals surface area contributed by atoms with Gasteiger partial charge in [-0.2, -0.15) is 0 Å². The van der Waals surface area contributed by atoms with Crippen LogP contribution < -0.4 is 15.0 Å². The van der Waals surface area contributed by atoms with Crippen molar-refractivity contribution in [3.05, 3.63) is 64.2 Å². The van der Waals surface area contributed by atoms with Gasteiger partial charge in [0.05, 0.1) is 11.5 Å². The lowest BCUT2D eigenvalue weighted by Crippen LogP contribution is -2.30. The van der Waals surface area contributed by atoms with Crippen LogP contribution in [0.1, 0.15) is 12.5 Å². The lowest BCUT2D eigenvalue weighted by Gasteiger charge is -2.14. The Morgan fingerprint density at radius 1 is 1.30 bits per heavy atom. The van der Waals surface area contributed by atoms with Gasteiger partial charge in [0.25, 0.3) is 5.69 Å². The van der Waals surface area contributed by atoms with E-state index < -0.39 is 4.92 Å². The van der Waals surface area contributed by atoms with Crippen LogP contribution in [-0.2, 0) is 11.3 Å². The molecule has 0 aliphatic carbocycles. The number of carbonyl (C=O) groups excluding carboxylic acids is 1. The maximum Gasteiger partial charge on any atom is 0.414 e. The molecule has 0 radical (unpaired) electrons. The molecule has 1 heterocycles. The molecule has 1 aliphatic heterocycles. The third kappa shape index (κ3) is 4.73. The van der Waals surface area contributed by atoms with Gasteiger partial charge >= 0.3 is 6.09 Å². The molecule has 3 rings (SSSR count). The van der Waals surface area contributed by atoms with Crippen molar-refractivity contribution in [1.29, 1.82) is 0 Å². The van der Waals surface area contributed by atoms with Gasteiger partial charge in [-0.3, -0.25) is 15.0 Å². The molecule has 8 heteroatoms. The average Bonchev–Trinajstić information content (AvgIpc) is 3.06. The van der Waals surface area contributed by atoms with E-state index in [1.54, 1.807) is 41.3 Å². The predicted molar refractivity (Wildman–Crippen MR) is 100 cm³/mol. The van der Waals surface area contributed by atoms with Crippen LogP contribution in [0.3, 0.4) is 0 Å². The Hall–Kier alpha value is -3.13. The van der Waals surface area contributed by atoms with E-state index in [0.717, 1.165) is 12.2 Å². The normalized spacial score (nSPS) is 16.3. The van der Waals surface area contributed by atoms with E-state index in [4.69, 9.17) is 9.47 Å². The summed E-state index contributed by atoms with van der Waals surface area (Å²) in [4.78, 5) is 24.0. The number of nitro benzene ring substituents is 1. The zero-order valence-corrected chi connectivity index (χ0v) is 15.0. The number of rotatable bonds is 8. The van der Waals surface area contributed by atoms with Gasteiger partial charge in [-0.25, -0.2) is 4.79 Å². The molecule has 0 bridgehead atoms. The van der Waals surface area contributed by atoms with E-state index >= 15 is 0 Å². The molecule has 1 aliphatic rings. The highest BCUT2D eigenvalue weighted by Crippen LogP contribution is 2.25. The first-order valence-electron chi connectivity index (χ1n) is 8.72. The molecule has 1 unspecified atom stereocenters. The lowest BCUT2D eigenvalue weighted by atomic mass is 10.2.